The Balaban J connectivity index is 2.43. The third-order valence-electron chi connectivity index (χ3n) is 3.38. The van der Waals surface area contributed by atoms with Crippen LogP contribution in [0.15, 0.2) is 18.2 Å². The molecular weight excluding hydrogens is 280 g/mol. The average Bonchev–Trinajstić information content (AvgIpc) is 2.40. The average molecular weight is 298 g/mol. The number of sulfonamides is 1. The molecule has 1 fully saturated rings. The fourth-order valence-corrected chi connectivity index (χ4v) is 3.53. The number of rotatable bonds is 4. The molecule has 7 heteroatoms. The lowest BCUT2D eigenvalue weighted by Crippen LogP contribution is -2.67. The molecule has 0 bridgehead atoms. The molecule has 1 aromatic rings. The number of hydrogen-bond acceptors (Lipinski definition) is 5. The predicted molar refractivity (Wildman–Crippen MR) is 76.0 cm³/mol. The van der Waals surface area contributed by atoms with Crippen LogP contribution in [0.25, 0.3) is 0 Å². The number of carbonyl (C=O) groups excluding carboxylic acids is 1. The van der Waals surface area contributed by atoms with Crippen LogP contribution in [0.3, 0.4) is 0 Å². The van der Waals surface area contributed by atoms with Crippen molar-refractivity contribution in [3.05, 3.63) is 23.8 Å². The molecule has 1 aliphatic heterocycles. The first kappa shape index (κ1) is 14.8. The third-order valence-corrected chi connectivity index (χ3v) is 5.70. The lowest BCUT2D eigenvalue weighted by Gasteiger charge is -2.43. The van der Waals surface area contributed by atoms with Gasteiger partial charge in [-0.1, -0.05) is 0 Å². The molecular formula is C13H18N2O4S. The van der Waals surface area contributed by atoms with Crippen molar-refractivity contribution in [1.29, 1.82) is 0 Å². The Labute approximate surface area is 118 Å². The molecule has 0 aromatic heterocycles. The minimum absolute atomic E-state index is 0.203. The van der Waals surface area contributed by atoms with Crippen LogP contribution in [0.1, 0.15) is 26.3 Å². The summed E-state index contributed by atoms with van der Waals surface area (Å²) in [6.07, 6.45) is 0. The van der Waals surface area contributed by atoms with Gasteiger partial charge < -0.3 is 10.5 Å². The van der Waals surface area contributed by atoms with Crippen molar-refractivity contribution in [2.24, 2.45) is 5.73 Å². The molecule has 0 saturated carbocycles. The van der Waals surface area contributed by atoms with E-state index in [1.54, 1.807) is 18.2 Å². The van der Waals surface area contributed by atoms with Gasteiger partial charge in [0.1, 0.15) is 5.75 Å². The molecule has 0 aliphatic carbocycles. The zero-order chi connectivity index (χ0) is 15.1. The summed E-state index contributed by atoms with van der Waals surface area (Å²) < 4.78 is 29.1. The van der Waals surface area contributed by atoms with Crippen molar-refractivity contribution in [2.45, 2.75) is 32.1 Å². The molecule has 1 saturated heterocycles. The minimum Gasteiger partial charge on any atom is -0.494 e. The van der Waals surface area contributed by atoms with E-state index in [0.717, 1.165) is 4.31 Å². The summed E-state index contributed by atoms with van der Waals surface area (Å²) >= 11 is 0. The first-order valence-electron chi connectivity index (χ1n) is 6.32. The Kier molecular flexibility index (Phi) is 3.51. The van der Waals surface area contributed by atoms with Crippen LogP contribution in [0.5, 0.6) is 5.75 Å². The van der Waals surface area contributed by atoms with Crippen molar-refractivity contribution < 1.29 is 17.9 Å². The molecule has 1 aromatic carbocycles. The summed E-state index contributed by atoms with van der Waals surface area (Å²) in [5.74, 6) is 0.160. The smallest absolute Gasteiger partial charge is 0.263 e. The standard InChI is InChI=1S/C13H18N2O4S/c1-4-19-11-6-5-10(7-9(11)8-14)15-12(16)13(2,3)20(15,17)18/h5-7H,4,8,14H2,1-3H3. The highest BCUT2D eigenvalue weighted by molar-refractivity contribution is 7.98. The minimum atomic E-state index is -3.65. The molecule has 2 rings (SSSR count). The number of benzene rings is 1. The second-order valence-corrected chi connectivity index (χ2v) is 7.35. The summed E-state index contributed by atoms with van der Waals surface area (Å²) in [6, 6.07) is 4.76. The normalized spacial score (nSPS) is 19.6. The summed E-state index contributed by atoms with van der Waals surface area (Å²) in [5, 5.41) is 0. The van der Waals surface area contributed by atoms with E-state index in [2.05, 4.69) is 0 Å². The maximum atomic E-state index is 12.1. The van der Waals surface area contributed by atoms with Crippen molar-refractivity contribution in [2.75, 3.05) is 10.9 Å². The van der Waals surface area contributed by atoms with Gasteiger partial charge in [-0.05, 0) is 39.0 Å². The van der Waals surface area contributed by atoms with Gasteiger partial charge in [0, 0.05) is 12.1 Å². The quantitative estimate of drug-likeness (QED) is 0.895. The summed E-state index contributed by atoms with van der Waals surface area (Å²) in [6.45, 7) is 5.34. The maximum absolute atomic E-state index is 12.1. The van der Waals surface area contributed by atoms with Gasteiger partial charge in [0.05, 0.1) is 12.3 Å². The fourth-order valence-electron chi connectivity index (χ4n) is 2.06. The van der Waals surface area contributed by atoms with Crippen LogP contribution >= 0.6 is 0 Å². The van der Waals surface area contributed by atoms with Crippen molar-refractivity contribution >= 4 is 21.6 Å². The van der Waals surface area contributed by atoms with E-state index < -0.39 is 20.7 Å². The highest BCUT2D eigenvalue weighted by Crippen LogP contribution is 2.40. The van der Waals surface area contributed by atoms with Gasteiger partial charge in [0.15, 0.2) is 4.75 Å². The Morgan fingerprint density at radius 3 is 2.50 bits per heavy atom. The molecule has 20 heavy (non-hydrogen) atoms. The van der Waals surface area contributed by atoms with E-state index >= 15 is 0 Å². The van der Waals surface area contributed by atoms with Crippen molar-refractivity contribution in [3.63, 3.8) is 0 Å². The highest BCUT2D eigenvalue weighted by atomic mass is 32.2. The van der Waals surface area contributed by atoms with E-state index in [4.69, 9.17) is 10.5 Å². The van der Waals surface area contributed by atoms with Gasteiger partial charge in [0.2, 0.25) is 0 Å². The lowest BCUT2D eigenvalue weighted by atomic mass is 10.1. The Bertz CT molecular complexity index is 652. The predicted octanol–water partition coefficient (Wildman–Crippen LogP) is 0.999. The molecule has 0 spiro atoms. The Morgan fingerprint density at radius 2 is 2.00 bits per heavy atom. The third kappa shape index (κ3) is 1.89. The monoisotopic (exact) mass is 298 g/mol. The number of nitrogens with two attached hydrogens (primary N) is 1. The fraction of sp³-hybridized carbons (Fsp3) is 0.462. The van der Waals surface area contributed by atoms with Gasteiger partial charge in [-0.3, -0.25) is 4.79 Å². The highest BCUT2D eigenvalue weighted by Gasteiger charge is 2.60. The number of nitrogens with zero attached hydrogens (tertiary/aromatic N) is 1. The first-order valence-corrected chi connectivity index (χ1v) is 7.76. The SMILES string of the molecule is CCOc1ccc(N2C(=O)C(C)(C)S2(=O)=O)cc1CN. The van der Waals surface area contributed by atoms with E-state index in [1.165, 1.54) is 13.8 Å². The number of anilines is 1. The molecule has 6 nitrogen and oxygen atoms in total. The summed E-state index contributed by atoms with van der Waals surface area (Å²) in [5.41, 5.74) is 6.60. The Hall–Kier alpha value is -1.60. The van der Waals surface area contributed by atoms with E-state index in [0.29, 0.717) is 23.6 Å². The van der Waals surface area contributed by atoms with E-state index in [1.807, 2.05) is 6.92 Å². The van der Waals surface area contributed by atoms with Crippen molar-refractivity contribution in [3.8, 4) is 5.75 Å². The molecule has 1 aliphatic rings. The van der Waals surface area contributed by atoms with Crippen molar-refractivity contribution in [1.82, 2.24) is 0 Å². The molecule has 0 unspecified atom stereocenters. The van der Waals surface area contributed by atoms with Gasteiger partial charge in [-0.25, -0.2) is 12.7 Å². The molecule has 1 amide bonds. The van der Waals surface area contributed by atoms with Gasteiger partial charge in [-0.2, -0.15) is 0 Å². The topological polar surface area (TPSA) is 89.7 Å². The molecule has 0 atom stereocenters. The second-order valence-electron chi connectivity index (χ2n) is 5.01. The van der Waals surface area contributed by atoms with Gasteiger partial charge in [0.25, 0.3) is 15.9 Å². The summed E-state index contributed by atoms with van der Waals surface area (Å²) in [7, 11) is -3.65. The Morgan fingerprint density at radius 1 is 1.35 bits per heavy atom. The molecule has 1 heterocycles. The largest absolute Gasteiger partial charge is 0.494 e. The second kappa shape index (κ2) is 4.75. The first-order chi connectivity index (χ1) is 9.27. The zero-order valence-corrected chi connectivity index (χ0v) is 12.5. The van der Waals surface area contributed by atoms with E-state index in [9.17, 15) is 13.2 Å². The van der Waals surface area contributed by atoms with Crippen LogP contribution in [0.4, 0.5) is 5.69 Å². The van der Waals surface area contributed by atoms with Crippen LogP contribution < -0.4 is 14.8 Å². The van der Waals surface area contributed by atoms with Crippen LogP contribution in [0, 0.1) is 0 Å². The number of ether oxygens (including phenoxy) is 1. The van der Waals surface area contributed by atoms with E-state index in [-0.39, 0.29) is 6.54 Å². The zero-order valence-electron chi connectivity index (χ0n) is 11.7. The van der Waals surface area contributed by atoms with Crippen LogP contribution in [-0.4, -0.2) is 25.7 Å². The maximum Gasteiger partial charge on any atom is 0.263 e. The lowest BCUT2D eigenvalue weighted by molar-refractivity contribution is -0.120. The van der Waals surface area contributed by atoms with Crippen LogP contribution in [-0.2, 0) is 21.4 Å². The van der Waals surface area contributed by atoms with Gasteiger partial charge in [-0.15, -0.1) is 0 Å². The molecule has 0 radical (unpaired) electrons. The number of hydrogen-bond donors (Lipinski definition) is 1. The summed E-state index contributed by atoms with van der Waals surface area (Å²) in [4.78, 5) is 12.0. The molecule has 110 valence electrons. The molecule has 2 N–H and O–H groups in total. The van der Waals surface area contributed by atoms with Crippen LogP contribution in [0.2, 0.25) is 0 Å². The number of amides is 1. The van der Waals surface area contributed by atoms with Gasteiger partial charge >= 0.3 is 0 Å². The number of carbonyl (C=O) groups is 1.